The minimum atomic E-state index is -0.107. The molecule has 6 aromatic rings. The van der Waals surface area contributed by atoms with Gasteiger partial charge in [-0.25, -0.2) is 4.98 Å². The van der Waals surface area contributed by atoms with Gasteiger partial charge in [0.05, 0.1) is 5.02 Å². The third kappa shape index (κ3) is 4.87. The van der Waals surface area contributed by atoms with Gasteiger partial charge in [0.25, 0.3) is 5.91 Å². The molecule has 0 aliphatic rings. The first-order valence-electron chi connectivity index (χ1n) is 14.3. The molecule has 0 aliphatic heterocycles. The first-order chi connectivity index (χ1) is 20.6. The lowest BCUT2D eigenvalue weighted by Gasteiger charge is -2.26. The van der Waals surface area contributed by atoms with E-state index in [1.165, 1.54) is 0 Å². The Morgan fingerprint density at radius 3 is 1.31 bits per heavy atom. The van der Waals surface area contributed by atoms with Crippen LogP contribution in [0.1, 0.15) is 24.3 Å². The number of benzene rings is 5. The second-order valence-corrected chi connectivity index (χ2v) is 10.6. The summed E-state index contributed by atoms with van der Waals surface area (Å²) in [5.74, 6) is -0.107. The average molecular weight is 567 g/mol. The molecule has 206 valence electrons. The van der Waals surface area contributed by atoms with Gasteiger partial charge in [0, 0.05) is 35.6 Å². The van der Waals surface area contributed by atoms with E-state index in [0.29, 0.717) is 23.8 Å². The molecule has 0 bridgehead atoms. The molecule has 0 unspecified atom stereocenters. The van der Waals surface area contributed by atoms with Gasteiger partial charge in [-0.05, 0) is 52.8 Å². The number of fused-ring (bicyclic) bond motifs is 1. The summed E-state index contributed by atoms with van der Waals surface area (Å²) < 4.78 is 0. The molecule has 1 heterocycles. The molecule has 0 N–H and O–H groups in total. The van der Waals surface area contributed by atoms with Gasteiger partial charge < -0.3 is 4.90 Å². The first kappa shape index (κ1) is 27.4. The molecular weight excluding hydrogens is 536 g/mol. The Kier molecular flexibility index (Phi) is 7.85. The second-order valence-electron chi connectivity index (χ2n) is 10.1. The van der Waals surface area contributed by atoms with Gasteiger partial charge in [-0.15, -0.1) is 0 Å². The Bertz CT molecular complexity index is 1850. The lowest BCUT2D eigenvalue weighted by Crippen LogP contribution is -2.31. The van der Waals surface area contributed by atoms with Crippen LogP contribution in [0.25, 0.3) is 55.3 Å². The number of carbonyl (C=O) groups is 1. The van der Waals surface area contributed by atoms with E-state index in [1.807, 2.05) is 67.3 Å². The lowest BCUT2D eigenvalue weighted by molar-refractivity contribution is 0.0769. The van der Waals surface area contributed by atoms with Gasteiger partial charge in [-0.1, -0.05) is 133 Å². The zero-order chi connectivity index (χ0) is 29.1. The smallest absolute Gasteiger partial charge is 0.273 e. The van der Waals surface area contributed by atoms with Crippen LogP contribution in [-0.4, -0.2) is 28.9 Å². The Morgan fingerprint density at radius 1 is 0.571 bits per heavy atom. The summed E-state index contributed by atoms with van der Waals surface area (Å²) in [5, 5.41) is 2.10. The fourth-order valence-corrected chi connectivity index (χ4v) is 6.11. The molecule has 0 saturated carbocycles. The summed E-state index contributed by atoms with van der Waals surface area (Å²) in [4.78, 5) is 20.8. The summed E-state index contributed by atoms with van der Waals surface area (Å²) >= 11 is 7.17. The van der Waals surface area contributed by atoms with Crippen LogP contribution in [0.4, 0.5) is 0 Å². The maximum Gasteiger partial charge on any atom is 0.273 e. The van der Waals surface area contributed by atoms with Crippen LogP contribution in [0, 0.1) is 0 Å². The topological polar surface area (TPSA) is 33.2 Å². The molecule has 42 heavy (non-hydrogen) atoms. The molecule has 3 nitrogen and oxygen atoms in total. The van der Waals surface area contributed by atoms with Crippen molar-refractivity contribution in [2.24, 2.45) is 0 Å². The van der Waals surface area contributed by atoms with Crippen molar-refractivity contribution in [3.63, 3.8) is 0 Å². The van der Waals surface area contributed by atoms with Crippen LogP contribution in [0.2, 0.25) is 5.02 Å². The van der Waals surface area contributed by atoms with Crippen LogP contribution in [0.15, 0.2) is 128 Å². The highest BCUT2D eigenvalue weighted by atomic mass is 35.5. The van der Waals surface area contributed by atoms with Crippen molar-refractivity contribution in [3.8, 4) is 44.5 Å². The molecule has 0 radical (unpaired) electrons. The quantitative estimate of drug-likeness (QED) is 0.192. The van der Waals surface area contributed by atoms with Gasteiger partial charge in [0.1, 0.15) is 5.69 Å². The third-order valence-electron chi connectivity index (χ3n) is 7.79. The number of hydrogen-bond acceptors (Lipinski definition) is 2. The number of pyridine rings is 1. The van der Waals surface area contributed by atoms with Crippen LogP contribution in [0.5, 0.6) is 0 Å². The average Bonchev–Trinajstić information content (AvgIpc) is 3.06. The number of rotatable bonds is 7. The predicted octanol–water partition coefficient (Wildman–Crippen LogP) is 10.0. The SMILES string of the molecule is CCN(CC)C(=O)c1ncc(Cl)c2c(-c3ccccc3)c(-c3ccccc3)c(-c3ccccc3)c(-c3ccccc3)c12. The predicted molar refractivity (Wildman–Crippen MR) is 176 cm³/mol. The zero-order valence-electron chi connectivity index (χ0n) is 23.7. The van der Waals surface area contributed by atoms with Gasteiger partial charge >= 0.3 is 0 Å². The Morgan fingerprint density at radius 2 is 0.929 bits per heavy atom. The number of hydrogen-bond donors (Lipinski definition) is 0. The molecule has 0 saturated heterocycles. The molecule has 0 atom stereocenters. The van der Waals surface area contributed by atoms with Gasteiger partial charge in [-0.2, -0.15) is 0 Å². The van der Waals surface area contributed by atoms with E-state index in [9.17, 15) is 4.79 Å². The summed E-state index contributed by atoms with van der Waals surface area (Å²) in [6.45, 7) is 5.16. The zero-order valence-corrected chi connectivity index (χ0v) is 24.5. The number of carbonyl (C=O) groups excluding carboxylic acids is 1. The number of halogens is 1. The second kappa shape index (κ2) is 12.0. The summed E-state index contributed by atoms with van der Waals surface area (Å²) in [5.41, 5.74) is 8.58. The van der Waals surface area contributed by atoms with Crippen molar-refractivity contribution in [3.05, 3.63) is 138 Å². The molecule has 6 rings (SSSR count). The molecule has 1 aromatic heterocycles. The Balaban J connectivity index is 1.95. The third-order valence-corrected chi connectivity index (χ3v) is 8.07. The van der Waals surface area contributed by atoms with Crippen molar-refractivity contribution >= 4 is 28.3 Å². The first-order valence-corrected chi connectivity index (χ1v) is 14.7. The minimum Gasteiger partial charge on any atom is -0.338 e. The fourth-order valence-electron chi connectivity index (χ4n) is 5.87. The summed E-state index contributed by atoms with van der Waals surface area (Å²) in [7, 11) is 0. The standard InChI is InChI=1S/C38H31ClN2O/c1-3-41(4-2)38(42)37-36-34(29-23-15-8-16-24-29)32(27-19-11-6-12-20-27)31(26-17-9-5-10-18-26)33(28-21-13-7-14-22-28)35(36)30(39)25-40-37/h5-25H,3-4H2,1-2H3. The van der Waals surface area contributed by atoms with Crippen molar-refractivity contribution in [2.75, 3.05) is 13.1 Å². The Hall–Kier alpha value is -4.73. The highest BCUT2D eigenvalue weighted by molar-refractivity contribution is 6.39. The van der Waals surface area contributed by atoms with E-state index < -0.39 is 0 Å². The van der Waals surface area contributed by atoms with E-state index >= 15 is 0 Å². The Labute approximate surface area is 252 Å². The molecule has 1 amide bonds. The van der Waals surface area contributed by atoms with Crippen LogP contribution in [-0.2, 0) is 0 Å². The molecule has 4 heteroatoms. The van der Waals surface area contributed by atoms with Crippen molar-refractivity contribution < 1.29 is 4.79 Å². The van der Waals surface area contributed by atoms with E-state index in [4.69, 9.17) is 16.6 Å². The number of aromatic nitrogens is 1. The number of nitrogens with zero attached hydrogens (tertiary/aromatic N) is 2. The molecule has 0 spiro atoms. The van der Waals surface area contributed by atoms with E-state index in [0.717, 1.165) is 55.3 Å². The maximum atomic E-state index is 14.2. The van der Waals surface area contributed by atoms with E-state index in [-0.39, 0.29) is 5.91 Å². The van der Waals surface area contributed by atoms with E-state index in [1.54, 1.807) is 6.20 Å². The highest BCUT2D eigenvalue weighted by Gasteiger charge is 2.29. The molecule has 0 aliphatic carbocycles. The van der Waals surface area contributed by atoms with Gasteiger partial charge in [0.2, 0.25) is 0 Å². The van der Waals surface area contributed by atoms with Crippen molar-refractivity contribution in [2.45, 2.75) is 13.8 Å². The minimum absolute atomic E-state index is 0.107. The summed E-state index contributed by atoms with van der Waals surface area (Å²) in [6.07, 6.45) is 1.64. The van der Waals surface area contributed by atoms with Crippen LogP contribution < -0.4 is 0 Å². The van der Waals surface area contributed by atoms with E-state index in [2.05, 4.69) is 72.8 Å². The molecular formula is C38H31ClN2O. The van der Waals surface area contributed by atoms with Gasteiger partial charge in [-0.3, -0.25) is 4.79 Å². The van der Waals surface area contributed by atoms with Crippen molar-refractivity contribution in [1.29, 1.82) is 0 Å². The highest BCUT2D eigenvalue weighted by Crippen LogP contribution is 2.52. The molecule has 5 aromatic carbocycles. The number of amides is 1. The lowest BCUT2D eigenvalue weighted by atomic mass is 9.78. The maximum absolute atomic E-state index is 14.2. The normalized spacial score (nSPS) is 11.0. The van der Waals surface area contributed by atoms with Gasteiger partial charge in [0.15, 0.2) is 0 Å². The monoisotopic (exact) mass is 566 g/mol. The summed E-state index contributed by atoms with van der Waals surface area (Å²) in [6, 6.07) is 41.5. The largest absolute Gasteiger partial charge is 0.338 e. The molecule has 0 fully saturated rings. The van der Waals surface area contributed by atoms with Crippen LogP contribution in [0.3, 0.4) is 0 Å². The van der Waals surface area contributed by atoms with Crippen molar-refractivity contribution in [1.82, 2.24) is 9.88 Å². The fraction of sp³-hybridized carbons (Fsp3) is 0.105. The van der Waals surface area contributed by atoms with Crippen LogP contribution >= 0.6 is 11.6 Å².